The van der Waals surface area contributed by atoms with Gasteiger partial charge in [0.05, 0.1) is 21.3 Å². The Labute approximate surface area is 117 Å². The zero-order chi connectivity index (χ0) is 14.8. The van der Waals surface area contributed by atoms with E-state index in [1.807, 2.05) is 6.92 Å². The Balaban J connectivity index is 2.82. The Hall–Kier alpha value is -0.880. The number of hydrogen-bond donors (Lipinski definition) is 1. The number of benzene rings is 1. The average molecular weight is 303 g/mol. The fourth-order valence-corrected chi connectivity index (χ4v) is 4.48. The lowest BCUT2D eigenvalue weighted by Gasteiger charge is -2.19. The summed E-state index contributed by atoms with van der Waals surface area (Å²) in [6.07, 6.45) is 0. The minimum Gasteiger partial charge on any atom is -0.399 e. The van der Waals surface area contributed by atoms with Gasteiger partial charge in [-0.15, -0.1) is 0 Å². The number of hydrogen-bond acceptors (Lipinski definition) is 4. The molecule has 0 aliphatic heterocycles. The Morgan fingerprint density at radius 2 is 1.84 bits per heavy atom. The first-order chi connectivity index (χ1) is 8.54. The van der Waals surface area contributed by atoms with Gasteiger partial charge < -0.3 is 5.73 Å². The van der Waals surface area contributed by atoms with E-state index >= 15 is 0 Å². The van der Waals surface area contributed by atoms with Crippen LogP contribution < -0.4 is 5.73 Å². The highest BCUT2D eigenvalue weighted by atomic mass is 32.2. The van der Waals surface area contributed by atoms with Gasteiger partial charge in [0.2, 0.25) is 0 Å². The second kappa shape index (κ2) is 5.63. The minimum absolute atomic E-state index is 0.0765. The van der Waals surface area contributed by atoms with Crippen molar-refractivity contribution in [3.05, 3.63) is 23.8 Å². The number of sulfone groups is 1. The molecule has 1 aromatic carbocycles. The van der Waals surface area contributed by atoms with E-state index < -0.39 is 25.4 Å². The van der Waals surface area contributed by atoms with Crippen molar-refractivity contribution in [2.75, 3.05) is 17.2 Å². The average Bonchev–Trinajstić information content (AvgIpc) is 2.24. The molecule has 0 aliphatic rings. The first-order valence-corrected chi connectivity index (χ1v) is 8.98. The molecule has 0 fully saturated rings. The van der Waals surface area contributed by atoms with Gasteiger partial charge in [-0.3, -0.25) is 4.21 Å². The van der Waals surface area contributed by atoms with Crippen molar-refractivity contribution < 1.29 is 12.6 Å². The van der Waals surface area contributed by atoms with Crippen LogP contribution in [0.15, 0.2) is 23.1 Å². The molecule has 108 valence electrons. The first-order valence-electron chi connectivity index (χ1n) is 6.01. The highest BCUT2D eigenvalue weighted by Gasteiger charge is 2.29. The Morgan fingerprint density at radius 1 is 1.26 bits per heavy atom. The van der Waals surface area contributed by atoms with Crippen molar-refractivity contribution in [3.8, 4) is 0 Å². The van der Waals surface area contributed by atoms with E-state index in [1.165, 1.54) is 0 Å². The maximum Gasteiger partial charge on any atom is 0.156 e. The van der Waals surface area contributed by atoms with Crippen LogP contribution in [0, 0.1) is 6.92 Å². The summed E-state index contributed by atoms with van der Waals surface area (Å²) in [7, 11) is -4.56. The van der Waals surface area contributed by atoms with Crippen LogP contribution in [0.1, 0.15) is 26.3 Å². The van der Waals surface area contributed by atoms with Crippen molar-refractivity contribution in [1.82, 2.24) is 0 Å². The fourth-order valence-electron chi connectivity index (χ4n) is 1.53. The molecule has 0 aromatic heterocycles. The molecule has 0 heterocycles. The Kier molecular flexibility index (Phi) is 4.79. The largest absolute Gasteiger partial charge is 0.399 e. The van der Waals surface area contributed by atoms with Crippen LogP contribution in [0.4, 0.5) is 5.69 Å². The van der Waals surface area contributed by atoms with Crippen LogP contribution >= 0.6 is 0 Å². The third-order valence-corrected chi connectivity index (χ3v) is 7.30. The van der Waals surface area contributed by atoms with Crippen LogP contribution in [0.2, 0.25) is 0 Å². The Bertz CT molecular complexity index is 586. The van der Waals surface area contributed by atoms with E-state index in [4.69, 9.17) is 5.73 Å². The van der Waals surface area contributed by atoms with E-state index in [0.717, 1.165) is 5.56 Å². The maximum atomic E-state index is 12.2. The zero-order valence-corrected chi connectivity index (χ0v) is 13.4. The third kappa shape index (κ3) is 4.04. The molecule has 0 aliphatic carbocycles. The predicted molar refractivity (Wildman–Crippen MR) is 80.4 cm³/mol. The predicted octanol–water partition coefficient (Wildman–Crippen LogP) is 1.90. The van der Waals surface area contributed by atoms with E-state index in [0.29, 0.717) is 10.6 Å². The van der Waals surface area contributed by atoms with Gasteiger partial charge in [-0.25, -0.2) is 8.42 Å². The lowest BCUT2D eigenvalue weighted by Crippen LogP contribution is -2.32. The van der Waals surface area contributed by atoms with Crippen LogP contribution in [0.5, 0.6) is 0 Å². The van der Waals surface area contributed by atoms with Gasteiger partial charge in [0, 0.05) is 16.3 Å². The normalized spacial score (nSPS) is 14.3. The zero-order valence-electron chi connectivity index (χ0n) is 11.8. The van der Waals surface area contributed by atoms with Crippen LogP contribution in [0.3, 0.4) is 0 Å². The molecule has 6 heteroatoms. The lowest BCUT2D eigenvalue weighted by atomic mass is 10.2. The molecule has 0 saturated carbocycles. The summed E-state index contributed by atoms with van der Waals surface area (Å²) >= 11 is 0. The highest BCUT2D eigenvalue weighted by Crippen LogP contribution is 2.19. The molecule has 0 saturated heterocycles. The molecule has 0 spiro atoms. The Morgan fingerprint density at radius 3 is 2.32 bits per heavy atom. The fraction of sp³-hybridized carbons (Fsp3) is 0.538. The van der Waals surface area contributed by atoms with E-state index in [9.17, 15) is 12.6 Å². The SMILES string of the molecule is Cc1cc(N)ccc1S(=O)CCS(=O)(=O)C(C)(C)C. The number of nitrogen functional groups attached to an aromatic ring is 1. The molecule has 0 bridgehead atoms. The molecular weight excluding hydrogens is 282 g/mol. The van der Waals surface area contributed by atoms with Crippen LogP contribution in [0.25, 0.3) is 0 Å². The topological polar surface area (TPSA) is 77.2 Å². The van der Waals surface area contributed by atoms with Crippen LogP contribution in [-0.4, -0.2) is 28.9 Å². The van der Waals surface area contributed by atoms with Gasteiger partial charge >= 0.3 is 0 Å². The number of rotatable bonds is 4. The summed E-state index contributed by atoms with van der Waals surface area (Å²) in [6, 6.07) is 5.12. The molecule has 0 amide bonds. The molecule has 4 nitrogen and oxygen atoms in total. The third-order valence-electron chi connectivity index (χ3n) is 2.91. The molecule has 1 rings (SSSR count). The monoisotopic (exact) mass is 303 g/mol. The molecule has 1 aromatic rings. The van der Waals surface area contributed by atoms with Gasteiger partial charge in [-0.05, 0) is 51.5 Å². The second-order valence-electron chi connectivity index (χ2n) is 5.51. The van der Waals surface area contributed by atoms with Gasteiger partial charge in [0.1, 0.15) is 0 Å². The molecular formula is C13H21NO3S2. The standard InChI is InChI=1S/C13H21NO3S2/c1-10-9-11(14)5-6-12(10)18(15)7-8-19(16,17)13(2,3)4/h5-6,9H,7-8,14H2,1-4H3. The van der Waals surface area contributed by atoms with Gasteiger partial charge in [0.15, 0.2) is 9.84 Å². The number of anilines is 1. The number of aryl methyl sites for hydroxylation is 1. The molecule has 19 heavy (non-hydrogen) atoms. The highest BCUT2D eigenvalue weighted by molar-refractivity contribution is 7.94. The quantitative estimate of drug-likeness (QED) is 0.862. The van der Waals surface area contributed by atoms with Gasteiger partial charge in [0.25, 0.3) is 0 Å². The van der Waals surface area contributed by atoms with E-state index in [1.54, 1.807) is 39.0 Å². The summed E-state index contributed by atoms with van der Waals surface area (Å²) in [6.45, 7) is 6.78. The van der Waals surface area contributed by atoms with E-state index in [2.05, 4.69) is 0 Å². The summed E-state index contributed by atoms with van der Waals surface area (Å²) in [5.41, 5.74) is 7.07. The summed E-state index contributed by atoms with van der Waals surface area (Å²) in [5, 5.41) is 0. The minimum atomic E-state index is -3.24. The van der Waals surface area contributed by atoms with Crippen molar-refractivity contribution in [2.24, 2.45) is 0 Å². The van der Waals surface area contributed by atoms with Gasteiger partial charge in [-0.2, -0.15) is 0 Å². The molecule has 2 N–H and O–H groups in total. The molecule has 1 unspecified atom stereocenters. The van der Waals surface area contributed by atoms with Crippen LogP contribution in [-0.2, 0) is 20.6 Å². The first kappa shape index (κ1) is 16.2. The van der Waals surface area contributed by atoms with Crippen molar-refractivity contribution >= 4 is 26.3 Å². The van der Waals surface area contributed by atoms with Crippen molar-refractivity contribution in [1.29, 1.82) is 0 Å². The summed E-state index contributed by atoms with van der Waals surface area (Å²) in [4.78, 5) is 0.651. The van der Waals surface area contributed by atoms with E-state index in [-0.39, 0.29) is 11.5 Å². The summed E-state index contributed by atoms with van der Waals surface area (Å²) < 4.78 is 35.3. The second-order valence-corrected chi connectivity index (χ2v) is 9.91. The molecule has 0 radical (unpaired) electrons. The number of nitrogens with two attached hydrogens (primary N) is 1. The summed E-state index contributed by atoms with van der Waals surface area (Å²) in [5.74, 6) is 0.0390. The van der Waals surface area contributed by atoms with Crippen molar-refractivity contribution in [2.45, 2.75) is 37.3 Å². The maximum absolute atomic E-state index is 12.2. The van der Waals surface area contributed by atoms with Gasteiger partial charge in [-0.1, -0.05) is 0 Å². The van der Waals surface area contributed by atoms with Crippen molar-refractivity contribution in [3.63, 3.8) is 0 Å². The smallest absolute Gasteiger partial charge is 0.156 e. The lowest BCUT2D eigenvalue weighted by molar-refractivity contribution is 0.561. The molecule has 1 atom stereocenters.